The summed E-state index contributed by atoms with van der Waals surface area (Å²) < 4.78 is 30.7. The smallest absolute Gasteiger partial charge is 0.258 e. The zero-order chi connectivity index (χ0) is 18.1. The quantitative estimate of drug-likeness (QED) is 0.673. The third-order valence-corrected chi connectivity index (χ3v) is 3.93. The molecular weight excluding hydrogens is 373 g/mol. The highest BCUT2D eigenvalue weighted by Gasteiger charge is 2.19. The van der Waals surface area contributed by atoms with E-state index in [2.05, 4.69) is 10.3 Å². The standard InChI is InChI=1S/C17H12Cl2F2N2O2/c1-8(15(20)21)22-16(24)9-2-3-13-14(6-9)25-17(23-13)10-4-11(18)7-12(19)5-10/h2-8,15H,1H3,(H,22,24). The first-order chi connectivity index (χ1) is 11.8. The number of carbonyl (C=O) groups excluding carboxylic acids is 1. The van der Waals surface area contributed by atoms with E-state index in [9.17, 15) is 13.6 Å². The molecule has 3 rings (SSSR count). The van der Waals surface area contributed by atoms with Gasteiger partial charge in [0.25, 0.3) is 12.3 Å². The molecule has 1 heterocycles. The summed E-state index contributed by atoms with van der Waals surface area (Å²) in [5.41, 5.74) is 1.66. The van der Waals surface area contributed by atoms with Gasteiger partial charge in [-0.2, -0.15) is 0 Å². The Bertz CT molecular complexity index is 923. The van der Waals surface area contributed by atoms with Crippen molar-refractivity contribution in [2.75, 3.05) is 0 Å². The van der Waals surface area contributed by atoms with E-state index < -0.39 is 18.4 Å². The predicted octanol–water partition coefficient (Wildman–Crippen LogP) is 5.19. The van der Waals surface area contributed by atoms with E-state index in [-0.39, 0.29) is 11.5 Å². The molecule has 1 aromatic heterocycles. The van der Waals surface area contributed by atoms with Crippen molar-refractivity contribution < 1.29 is 18.0 Å². The molecule has 0 radical (unpaired) electrons. The largest absolute Gasteiger partial charge is 0.436 e. The van der Waals surface area contributed by atoms with Gasteiger partial charge in [-0.3, -0.25) is 4.79 Å². The Kier molecular flexibility index (Phi) is 4.92. The summed E-state index contributed by atoms with van der Waals surface area (Å²) in [5.74, 6) is -0.323. The third kappa shape index (κ3) is 3.91. The van der Waals surface area contributed by atoms with E-state index in [0.29, 0.717) is 26.7 Å². The molecule has 0 bridgehead atoms. The molecule has 1 atom stereocenters. The number of alkyl halides is 2. The zero-order valence-electron chi connectivity index (χ0n) is 12.9. The normalized spacial score (nSPS) is 12.6. The summed E-state index contributed by atoms with van der Waals surface area (Å²) in [6, 6.07) is 8.16. The fourth-order valence-corrected chi connectivity index (χ4v) is 2.75. The topological polar surface area (TPSA) is 55.1 Å². The summed E-state index contributed by atoms with van der Waals surface area (Å²) in [4.78, 5) is 16.3. The summed E-state index contributed by atoms with van der Waals surface area (Å²) in [6.07, 6.45) is -2.64. The number of aromatic nitrogens is 1. The second-order valence-corrected chi connectivity index (χ2v) is 6.33. The van der Waals surface area contributed by atoms with Gasteiger partial charge in [0.15, 0.2) is 5.58 Å². The van der Waals surface area contributed by atoms with Crippen LogP contribution in [-0.4, -0.2) is 23.4 Å². The van der Waals surface area contributed by atoms with Crippen LogP contribution in [-0.2, 0) is 0 Å². The average molecular weight is 385 g/mol. The van der Waals surface area contributed by atoms with E-state index in [0.717, 1.165) is 0 Å². The van der Waals surface area contributed by atoms with Gasteiger partial charge in [0.05, 0.1) is 6.04 Å². The van der Waals surface area contributed by atoms with Crippen LogP contribution in [0, 0.1) is 0 Å². The number of carbonyl (C=O) groups is 1. The third-order valence-electron chi connectivity index (χ3n) is 3.50. The SMILES string of the molecule is CC(NC(=O)c1ccc2nc(-c3cc(Cl)cc(Cl)c3)oc2c1)C(F)F. The van der Waals surface area contributed by atoms with Gasteiger partial charge in [-0.1, -0.05) is 23.2 Å². The molecule has 1 N–H and O–H groups in total. The number of oxazole rings is 1. The molecule has 0 fully saturated rings. The van der Waals surface area contributed by atoms with Gasteiger partial charge in [0.2, 0.25) is 5.89 Å². The lowest BCUT2D eigenvalue weighted by molar-refractivity contribution is 0.0780. The van der Waals surface area contributed by atoms with Crippen molar-refractivity contribution in [2.45, 2.75) is 19.4 Å². The van der Waals surface area contributed by atoms with E-state index in [4.69, 9.17) is 27.6 Å². The number of nitrogens with zero attached hydrogens (tertiary/aromatic N) is 1. The molecule has 0 aliphatic rings. The molecule has 0 saturated heterocycles. The summed E-state index contributed by atoms with van der Waals surface area (Å²) >= 11 is 11.9. The predicted molar refractivity (Wildman–Crippen MR) is 92.4 cm³/mol. The van der Waals surface area contributed by atoms with Crippen molar-refractivity contribution in [3.05, 3.63) is 52.0 Å². The van der Waals surface area contributed by atoms with Crippen molar-refractivity contribution >= 4 is 40.2 Å². The van der Waals surface area contributed by atoms with Gasteiger partial charge in [0.1, 0.15) is 5.52 Å². The first-order valence-electron chi connectivity index (χ1n) is 7.29. The highest BCUT2D eigenvalue weighted by atomic mass is 35.5. The van der Waals surface area contributed by atoms with E-state index in [1.807, 2.05) is 0 Å². The summed E-state index contributed by atoms with van der Waals surface area (Å²) in [7, 11) is 0. The van der Waals surface area contributed by atoms with Crippen LogP contribution >= 0.6 is 23.2 Å². The molecule has 4 nitrogen and oxygen atoms in total. The Morgan fingerprint density at radius 1 is 1.16 bits per heavy atom. The summed E-state index contributed by atoms with van der Waals surface area (Å²) in [6.45, 7) is 1.23. The lowest BCUT2D eigenvalue weighted by atomic mass is 10.2. The molecule has 8 heteroatoms. The molecule has 0 spiro atoms. The zero-order valence-corrected chi connectivity index (χ0v) is 14.4. The van der Waals surface area contributed by atoms with Crippen molar-refractivity contribution in [1.29, 1.82) is 0 Å². The highest BCUT2D eigenvalue weighted by Crippen LogP contribution is 2.29. The van der Waals surface area contributed by atoms with Crippen LogP contribution in [0.15, 0.2) is 40.8 Å². The Hall–Kier alpha value is -2.18. The Morgan fingerprint density at radius 3 is 2.48 bits per heavy atom. The minimum atomic E-state index is -2.64. The van der Waals surface area contributed by atoms with Gasteiger partial charge in [-0.25, -0.2) is 13.8 Å². The number of rotatable bonds is 4. The van der Waals surface area contributed by atoms with Gasteiger partial charge in [-0.15, -0.1) is 0 Å². The minimum absolute atomic E-state index is 0.201. The highest BCUT2D eigenvalue weighted by molar-refractivity contribution is 6.35. The fraction of sp³-hybridized carbons (Fsp3) is 0.176. The lowest BCUT2D eigenvalue weighted by Gasteiger charge is -2.12. The Labute approximate surface area is 151 Å². The van der Waals surface area contributed by atoms with E-state index in [1.165, 1.54) is 19.1 Å². The van der Waals surface area contributed by atoms with Crippen LogP contribution in [0.3, 0.4) is 0 Å². The maximum atomic E-state index is 12.5. The molecule has 0 aliphatic heterocycles. The molecule has 25 heavy (non-hydrogen) atoms. The molecule has 1 unspecified atom stereocenters. The number of hydrogen-bond donors (Lipinski definition) is 1. The maximum absolute atomic E-state index is 12.5. The average Bonchev–Trinajstić information content (AvgIpc) is 2.96. The minimum Gasteiger partial charge on any atom is -0.436 e. The number of hydrogen-bond acceptors (Lipinski definition) is 3. The molecule has 0 saturated carbocycles. The first kappa shape index (κ1) is 17.6. The second-order valence-electron chi connectivity index (χ2n) is 5.46. The van der Waals surface area contributed by atoms with Crippen molar-refractivity contribution in [1.82, 2.24) is 10.3 Å². The molecule has 130 valence electrons. The first-order valence-corrected chi connectivity index (χ1v) is 8.05. The Morgan fingerprint density at radius 2 is 1.84 bits per heavy atom. The maximum Gasteiger partial charge on any atom is 0.258 e. The van der Waals surface area contributed by atoms with Gasteiger partial charge in [-0.05, 0) is 43.3 Å². The molecular formula is C17H12Cl2F2N2O2. The van der Waals surface area contributed by atoms with Gasteiger partial charge >= 0.3 is 0 Å². The van der Waals surface area contributed by atoms with Crippen LogP contribution in [0.5, 0.6) is 0 Å². The van der Waals surface area contributed by atoms with Crippen molar-refractivity contribution in [2.24, 2.45) is 0 Å². The lowest BCUT2D eigenvalue weighted by Crippen LogP contribution is -2.37. The Balaban J connectivity index is 1.92. The molecule has 1 amide bonds. The van der Waals surface area contributed by atoms with Gasteiger partial charge in [0, 0.05) is 21.2 Å². The van der Waals surface area contributed by atoms with E-state index in [1.54, 1.807) is 24.3 Å². The van der Waals surface area contributed by atoms with Crippen LogP contribution in [0.4, 0.5) is 8.78 Å². The number of fused-ring (bicyclic) bond motifs is 1. The number of benzene rings is 2. The van der Waals surface area contributed by atoms with Crippen LogP contribution in [0.25, 0.3) is 22.6 Å². The summed E-state index contributed by atoms with van der Waals surface area (Å²) in [5, 5.41) is 3.10. The van der Waals surface area contributed by atoms with Crippen LogP contribution in [0.1, 0.15) is 17.3 Å². The number of amides is 1. The second kappa shape index (κ2) is 6.98. The van der Waals surface area contributed by atoms with Crippen LogP contribution < -0.4 is 5.32 Å². The van der Waals surface area contributed by atoms with Crippen molar-refractivity contribution in [3.63, 3.8) is 0 Å². The molecule has 2 aromatic carbocycles. The van der Waals surface area contributed by atoms with Crippen molar-refractivity contribution in [3.8, 4) is 11.5 Å². The van der Waals surface area contributed by atoms with Gasteiger partial charge < -0.3 is 9.73 Å². The molecule has 3 aromatic rings. The number of nitrogens with one attached hydrogen (secondary N) is 1. The van der Waals surface area contributed by atoms with E-state index >= 15 is 0 Å². The molecule has 0 aliphatic carbocycles. The van der Waals surface area contributed by atoms with Crippen LogP contribution in [0.2, 0.25) is 10.0 Å². The fourth-order valence-electron chi connectivity index (χ4n) is 2.22. The monoisotopic (exact) mass is 384 g/mol. The number of halogens is 4.